The second-order valence-corrected chi connectivity index (χ2v) is 6.73. The van der Waals surface area contributed by atoms with Gasteiger partial charge in [0, 0.05) is 13.2 Å². The van der Waals surface area contributed by atoms with E-state index in [-0.39, 0.29) is 23.1 Å². The van der Waals surface area contributed by atoms with Crippen LogP contribution in [-0.2, 0) is 10.0 Å². The zero-order chi connectivity index (χ0) is 15.2. The highest BCUT2D eigenvalue weighted by Crippen LogP contribution is 2.29. The van der Waals surface area contributed by atoms with Crippen LogP contribution in [0.2, 0.25) is 10.0 Å². The molecule has 0 fully saturated rings. The topological polar surface area (TPSA) is 66.4 Å². The molecule has 114 valence electrons. The average molecular weight is 344 g/mol. The molecule has 8 heteroatoms. The lowest BCUT2D eigenvalue weighted by Crippen LogP contribution is -2.25. The van der Waals surface area contributed by atoms with E-state index in [9.17, 15) is 12.8 Å². The third-order valence-electron chi connectivity index (χ3n) is 2.67. The van der Waals surface area contributed by atoms with Gasteiger partial charge in [0.15, 0.2) is 5.82 Å². The number of benzene rings is 1. The summed E-state index contributed by atoms with van der Waals surface area (Å²) in [7, 11) is -3.85. The lowest BCUT2D eigenvalue weighted by atomic mass is 10.2. The van der Waals surface area contributed by atoms with Crippen molar-refractivity contribution in [2.45, 2.75) is 30.6 Å². The fourth-order valence-electron chi connectivity index (χ4n) is 1.59. The van der Waals surface area contributed by atoms with Gasteiger partial charge in [0.1, 0.15) is 4.90 Å². The van der Waals surface area contributed by atoms with E-state index < -0.39 is 20.9 Å². The van der Waals surface area contributed by atoms with Gasteiger partial charge in [0.25, 0.3) is 0 Å². The molecule has 0 radical (unpaired) electrons. The van der Waals surface area contributed by atoms with E-state index in [0.29, 0.717) is 12.8 Å². The molecule has 0 saturated heterocycles. The molecule has 1 rings (SSSR count). The third-order valence-corrected chi connectivity index (χ3v) is 4.94. The van der Waals surface area contributed by atoms with Crippen molar-refractivity contribution >= 4 is 33.2 Å². The number of nitrogens with one attached hydrogen (secondary N) is 1. The number of sulfonamides is 1. The van der Waals surface area contributed by atoms with Crippen LogP contribution >= 0.6 is 23.2 Å². The molecule has 0 atom stereocenters. The fourth-order valence-corrected chi connectivity index (χ4v) is 3.41. The Kier molecular flexibility index (Phi) is 7.19. The minimum atomic E-state index is -3.85. The fraction of sp³-hybridized carbons (Fsp3) is 0.500. The minimum absolute atomic E-state index is 0.130. The van der Waals surface area contributed by atoms with Crippen LogP contribution in [0.5, 0.6) is 0 Å². The van der Waals surface area contributed by atoms with Crippen LogP contribution in [0.1, 0.15) is 25.7 Å². The van der Waals surface area contributed by atoms with Gasteiger partial charge < -0.3 is 5.11 Å². The lowest BCUT2D eigenvalue weighted by molar-refractivity contribution is 0.282. The van der Waals surface area contributed by atoms with E-state index >= 15 is 0 Å². The highest BCUT2D eigenvalue weighted by Gasteiger charge is 2.21. The number of rotatable bonds is 8. The molecule has 0 aliphatic rings. The number of hydrogen-bond donors (Lipinski definition) is 2. The van der Waals surface area contributed by atoms with E-state index in [1.54, 1.807) is 0 Å². The van der Waals surface area contributed by atoms with Crippen molar-refractivity contribution in [3.63, 3.8) is 0 Å². The van der Waals surface area contributed by atoms with Gasteiger partial charge in [-0.25, -0.2) is 17.5 Å². The first-order valence-corrected chi connectivity index (χ1v) is 8.38. The Balaban J connectivity index is 2.63. The van der Waals surface area contributed by atoms with E-state index in [1.807, 2.05) is 0 Å². The highest BCUT2D eigenvalue weighted by molar-refractivity contribution is 7.89. The molecule has 2 N–H and O–H groups in total. The van der Waals surface area contributed by atoms with Crippen LogP contribution in [0, 0.1) is 5.82 Å². The van der Waals surface area contributed by atoms with Gasteiger partial charge in [0.05, 0.1) is 10.0 Å². The standard InChI is InChI=1S/C12H16Cl2FNO3S/c13-9-5-6-10(11(14)12(9)15)20(18,19)16-7-3-1-2-4-8-17/h5-6,16-17H,1-4,7-8H2. The molecule has 0 aliphatic carbocycles. The molecule has 0 heterocycles. The Morgan fingerprint density at radius 2 is 1.80 bits per heavy atom. The number of aliphatic hydroxyl groups excluding tert-OH is 1. The summed E-state index contributed by atoms with van der Waals surface area (Å²) in [5.74, 6) is -0.945. The van der Waals surface area contributed by atoms with Crippen LogP contribution in [-0.4, -0.2) is 26.7 Å². The van der Waals surface area contributed by atoms with Gasteiger partial charge in [-0.3, -0.25) is 0 Å². The maximum absolute atomic E-state index is 13.5. The predicted octanol–water partition coefficient (Wildman–Crippen LogP) is 2.96. The average Bonchev–Trinajstić information content (AvgIpc) is 2.39. The van der Waals surface area contributed by atoms with E-state index in [2.05, 4.69) is 4.72 Å². The summed E-state index contributed by atoms with van der Waals surface area (Å²) in [6.07, 6.45) is 2.95. The summed E-state index contributed by atoms with van der Waals surface area (Å²) in [6.45, 7) is 0.361. The molecule has 1 aromatic rings. The van der Waals surface area contributed by atoms with E-state index in [0.717, 1.165) is 18.9 Å². The minimum Gasteiger partial charge on any atom is -0.396 e. The van der Waals surface area contributed by atoms with Crippen molar-refractivity contribution < 1.29 is 17.9 Å². The van der Waals surface area contributed by atoms with Crippen molar-refractivity contribution in [3.05, 3.63) is 28.0 Å². The smallest absolute Gasteiger partial charge is 0.242 e. The van der Waals surface area contributed by atoms with Crippen LogP contribution in [0.25, 0.3) is 0 Å². The zero-order valence-corrected chi connectivity index (χ0v) is 13.0. The van der Waals surface area contributed by atoms with Crippen molar-refractivity contribution in [2.24, 2.45) is 0 Å². The first-order chi connectivity index (χ1) is 9.40. The Morgan fingerprint density at radius 3 is 2.45 bits per heavy atom. The molecular formula is C12H16Cl2FNO3S. The molecule has 20 heavy (non-hydrogen) atoms. The molecule has 0 saturated carbocycles. The SMILES string of the molecule is O=S(=O)(NCCCCCCO)c1ccc(Cl)c(F)c1Cl. The third kappa shape index (κ3) is 4.86. The van der Waals surface area contributed by atoms with Gasteiger partial charge in [-0.15, -0.1) is 0 Å². The van der Waals surface area contributed by atoms with Gasteiger partial charge in [-0.1, -0.05) is 36.0 Å². The zero-order valence-electron chi connectivity index (χ0n) is 10.7. The molecular weight excluding hydrogens is 328 g/mol. The Labute approximate surface area is 127 Å². The monoisotopic (exact) mass is 343 g/mol. The summed E-state index contributed by atoms with van der Waals surface area (Å²) in [5, 5.41) is 7.87. The van der Waals surface area contributed by atoms with Crippen molar-refractivity contribution in [1.29, 1.82) is 0 Å². The van der Waals surface area contributed by atoms with Crippen LogP contribution in [0.3, 0.4) is 0 Å². The summed E-state index contributed by atoms with van der Waals surface area (Å²) >= 11 is 11.2. The van der Waals surface area contributed by atoms with Crippen molar-refractivity contribution in [2.75, 3.05) is 13.2 Å². The molecule has 0 aliphatic heterocycles. The maximum Gasteiger partial charge on any atom is 0.242 e. The van der Waals surface area contributed by atoms with Gasteiger partial charge in [-0.05, 0) is 25.0 Å². The van der Waals surface area contributed by atoms with Crippen LogP contribution in [0.4, 0.5) is 4.39 Å². The van der Waals surface area contributed by atoms with E-state index in [1.165, 1.54) is 6.07 Å². The number of halogens is 3. The normalized spacial score (nSPS) is 11.8. The molecule has 0 bridgehead atoms. The Morgan fingerprint density at radius 1 is 1.15 bits per heavy atom. The Hall–Kier alpha value is -0.400. The molecule has 1 aromatic carbocycles. The summed E-state index contributed by atoms with van der Waals surface area (Å²) in [4.78, 5) is -0.323. The molecule has 0 spiro atoms. The second kappa shape index (κ2) is 8.14. The summed E-state index contributed by atoms with van der Waals surface area (Å²) < 4.78 is 39.7. The number of aliphatic hydroxyl groups is 1. The quantitative estimate of drug-likeness (QED) is 0.563. The molecule has 0 amide bonds. The van der Waals surface area contributed by atoms with Gasteiger partial charge >= 0.3 is 0 Å². The highest BCUT2D eigenvalue weighted by atomic mass is 35.5. The van der Waals surface area contributed by atoms with Crippen molar-refractivity contribution in [3.8, 4) is 0 Å². The van der Waals surface area contributed by atoms with Gasteiger partial charge in [-0.2, -0.15) is 0 Å². The first-order valence-electron chi connectivity index (χ1n) is 6.14. The van der Waals surface area contributed by atoms with E-state index in [4.69, 9.17) is 28.3 Å². The van der Waals surface area contributed by atoms with Crippen molar-refractivity contribution in [1.82, 2.24) is 4.72 Å². The van der Waals surface area contributed by atoms with Crippen LogP contribution < -0.4 is 4.72 Å². The predicted molar refractivity (Wildman–Crippen MR) is 77.2 cm³/mol. The second-order valence-electron chi connectivity index (χ2n) is 4.21. The number of hydrogen-bond acceptors (Lipinski definition) is 3. The maximum atomic E-state index is 13.5. The summed E-state index contributed by atoms with van der Waals surface area (Å²) in [5.41, 5.74) is 0. The largest absolute Gasteiger partial charge is 0.396 e. The Bertz CT molecular complexity index is 552. The first kappa shape index (κ1) is 17.7. The van der Waals surface area contributed by atoms with Crippen LogP contribution in [0.15, 0.2) is 17.0 Å². The van der Waals surface area contributed by atoms with Gasteiger partial charge in [0.2, 0.25) is 10.0 Å². The molecule has 4 nitrogen and oxygen atoms in total. The lowest BCUT2D eigenvalue weighted by Gasteiger charge is -2.09. The molecule has 0 unspecified atom stereocenters. The number of unbranched alkanes of at least 4 members (excludes halogenated alkanes) is 3. The summed E-state index contributed by atoms with van der Waals surface area (Å²) in [6, 6.07) is 2.32. The molecule has 0 aromatic heterocycles.